The second-order valence-electron chi connectivity index (χ2n) is 4.54. The molecular weight excluding hydrogens is 288 g/mol. The molecule has 0 fully saturated rings. The minimum absolute atomic E-state index is 0.0373. The quantitative estimate of drug-likeness (QED) is 0.825. The Morgan fingerprint density at radius 1 is 1.38 bits per heavy atom. The lowest BCUT2D eigenvalue weighted by atomic mass is 10.3. The number of aromatic amines is 1. The number of rotatable bonds is 6. The summed E-state index contributed by atoms with van der Waals surface area (Å²) in [4.78, 5) is 25.3. The summed E-state index contributed by atoms with van der Waals surface area (Å²) >= 11 is 1.27. The monoisotopic (exact) mass is 306 g/mol. The molecule has 0 saturated heterocycles. The molecule has 1 aromatic heterocycles. The van der Waals surface area contributed by atoms with Crippen LogP contribution < -0.4 is 10.6 Å². The molecule has 7 heteroatoms. The lowest BCUT2D eigenvalue weighted by molar-refractivity contribution is -0.115. The highest BCUT2D eigenvalue weighted by atomic mass is 32.2. The maximum absolute atomic E-state index is 12.2. The van der Waals surface area contributed by atoms with Crippen molar-refractivity contribution >= 4 is 23.4 Å². The fraction of sp³-hybridized carbons (Fsp3) is 0.357. The van der Waals surface area contributed by atoms with Crippen LogP contribution in [0, 0.1) is 0 Å². The fourth-order valence-corrected chi connectivity index (χ4v) is 2.74. The number of carbonyl (C=O) groups excluding carboxylic acids is 1. The van der Waals surface area contributed by atoms with Crippen molar-refractivity contribution in [1.82, 2.24) is 14.8 Å². The van der Waals surface area contributed by atoms with Crippen LogP contribution in [0.2, 0.25) is 0 Å². The molecule has 2 rings (SSSR count). The van der Waals surface area contributed by atoms with Gasteiger partial charge in [0.15, 0.2) is 5.16 Å². The number of benzene rings is 1. The highest BCUT2D eigenvalue weighted by Crippen LogP contribution is 2.17. The Bertz CT molecular complexity index is 650. The molecule has 2 aromatic rings. The second kappa shape index (κ2) is 7.12. The number of hydrogen-bond donors (Lipinski definition) is 1. The Hall–Kier alpha value is -2.02. The van der Waals surface area contributed by atoms with E-state index in [0.29, 0.717) is 11.7 Å². The van der Waals surface area contributed by atoms with Gasteiger partial charge in [-0.3, -0.25) is 9.36 Å². The zero-order chi connectivity index (χ0) is 15.2. The number of carbonyl (C=O) groups is 1. The normalized spacial score (nSPS) is 10.6. The summed E-state index contributed by atoms with van der Waals surface area (Å²) in [6.07, 6.45) is 0.838. The maximum Gasteiger partial charge on any atom is 0.343 e. The smallest absolute Gasteiger partial charge is 0.315 e. The van der Waals surface area contributed by atoms with Crippen molar-refractivity contribution in [2.45, 2.75) is 25.0 Å². The molecule has 21 heavy (non-hydrogen) atoms. The molecule has 112 valence electrons. The largest absolute Gasteiger partial charge is 0.343 e. The molecule has 1 aromatic carbocycles. The van der Waals surface area contributed by atoms with Crippen LogP contribution in [0.5, 0.6) is 0 Å². The Labute approximate surface area is 127 Å². The minimum atomic E-state index is -0.233. The van der Waals surface area contributed by atoms with Gasteiger partial charge < -0.3 is 4.90 Å². The second-order valence-corrected chi connectivity index (χ2v) is 5.48. The molecule has 0 bridgehead atoms. The number of aromatic nitrogens is 3. The number of amides is 1. The predicted molar refractivity (Wildman–Crippen MR) is 83.7 cm³/mol. The van der Waals surface area contributed by atoms with E-state index in [-0.39, 0.29) is 17.3 Å². The summed E-state index contributed by atoms with van der Waals surface area (Å²) in [6.45, 7) is 2.59. The lowest BCUT2D eigenvalue weighted by Crippen LogP contribution is -2.28. The fourth-order valence-electron chi connectivity index (χ4n) is 1.85. The number of thioether (sulfide) groups is 1. The van der Waals surface area contributed by atoms with Crippen molar-refractivity contribution in [3.63, 3.8) is 0 Å². The Balaban J connectivity index is 2.00. The van der Waals surface area contributed by atoms with Crippen molar-refractivity contribution in [3.05, 3.63) is 40.8 Å². The standard InChI is InChI=1S/C14H18N4O2S/c1-3-9-18-13(20)15-16-14(18)21-10-12(19)17(2)11-7-5-4-6-8-11/h4-8H,3,9-10H2,1-2H3,(H,15,20). The van der Waals surface area contributed by atoms with Crippen LogP contribution in [0.25, 0.3) is 0 Å². The SMILES string of the molecule is CCCn1c(SCC(=O)N(C)c2ccccc2)n[nH]c1=O. The van der Waals surface area contributed by atoms with Crippen LogP contribution in [0.15, 0.2) is 40.3 Å². The van der Waals surface area contributed by atoms with Crippen LogP contribution in [-0.2, 0) is 11.3 Å². The maximum atomic E-state index is 12.2. The van der Waals surface area contributed by atoms with Gasteiger partial charge in [0.25, 0.3) is 0 Å². The first-order chi connectivity index (χ1) is 10.1. The van der Waals surface area contributed by atoms with E-state index in [4.69, 9.17) is 0 Å². The van der Waals surface area contributed by atoms with Gasteiger partial charge in [-0.15, -0.1) is 5.10 Å². The average molecular weight is 306 g/mol. The third-order valence-corrected chi connectivity index (χ3v) is 3.97. The molecule has 0 radical (unpaired) electrons. The Kier molecular flexibility index (Phi) is 5.21. The van der Waals surface area contributed by atoms with Crippen LogP contribution in [0.4, 0.5) is 5.69 Å². The summed E-state index contributed by atoms with van der Waals surface area (Å²) in [5.41, 5.74) is 0.610. The number of hydrogen-bond acceptors (Lipinski definition) is 4. The van der Waals surface area contributed by atoms with Gasteiger partial charge in [-0.25, -0.2) is 9.89 Å². The molecular formula is C14H18N4O2S. The molecule has 0 atom stereocenters. The van der Waals surface area contributed by atoms with Crippen molar-refractivity contribution in [3.8, 4) is 0 Å². The van der Waals surface area contributed by atoms with Crippen LogP contribution in [0.1, 0.15) is 13.3 Å². The third kappa shape index (κ3) is 3.75. The highest BCUT2D eigenvalue weighted by molar-refractivity contribution is 7.99. The van der Waals surface area contributed by atoms with E-state index < -0.39 is 0 Å². The molecule has 0 spiro atoms. The van der Waals surface area contributed by atoms with Gasteiger partial charge in [0, 0.05) is 19.3 Å². The molecule has 1 heterocycles. The molecule has 1 N–H and O–H groups in total. The molecule has 0 aliphatic carbocycles. The number of anilines is 1. The molecule has 0 aliphatic rings. The first-order valence-corrected chi connectivity index (χ1v) is 7.71. The van der Waals surface area contributed by atoms with Gasteiger partial charge in [0.2, 0.25) is 5.91 Å². The summed E-state index contributed by atoms with van der Waals surface area (Å²) < 4.78 is 1.56. The van der Waals surface area contributed by atoms with E-state index in [0.717, 1.165) is 12.1 Å². The molecule has 1 amide bonds. The summed E-state index contributed by atoms with van der Waals surface area (Å²) in [7, 11) is 1.74. The minimum Gasteiger partial charge on any atom is -0.315 e. The van der Waals surface area contributed by atoms with Crippen molar-refractivity contribution < 1.29 is 4.79 Å². The van der Waals surface area contributed by atoms with E-state index in [1.54, 1.807) is 16.5 Å². The zero-order valence-electron chi connectivity index (χ0n) is 12.1. The first-order valence-electron chi connectivity index (χ1n) is 6.73. The van der Waals surface area contributed by atoms with Crippen molar-refractivity contribution in [2.24, 2.45) is 0 Å². The predicted octanol–water partition coefficient (Wildman–Crippen LogP) is 1.74. The number of H-pyrrole nitrogens is 1. The summed E-state index contributed by atoms with van der Waals surface area (Å²) in [6, 6.07) is 9.44. The zero-order valence-corrected chi connectivity index (χ0v) is 12.9. The van der Waals surface area contributed by atoms with Gasteiger partial charge >= 0.3 is 5.69 Å². The molecule has 6 nitrogen and oxygen atoms in total. The van der Waals surface area contributed by atoms with Crippen LogP contribution in [0.3, 0.4) is 0 Å². The number of nitrogens with one attached hydrogen (secondary N) is 1. The summed E-state index contributed by atoms with van der Waals surface area (Å²) in [5, 5.41) is 6.93. The van der Waals surface area contributed by atoms with E-state index in [2.05, 4.69) is 10.2 Å². The van der Waals surface area contributed by atoms with Gasteiger partial charge in [-0.05, 0) is 18.6 Å². The van der Waals surface area contributed by atoms with E-state index in [1.165, 1.54) is 11.8 Å². The highest BCUT2D eigenvalue weighted by Gasteiger charge is 2.14. The van der Waals surface area contributed by atoms with E-state index in [1.807, 2.05) is 37.3 Å². The van der Waals surface area contributed by atoms with Crippen molar-refractivity contribution in [1.29, 1.82) is 0 Å². The lowest BCUT2D eigenvalue weighted by Gasteiger charge is -2.16. The molecule has 0 unspecified atom stereocenters. The topological polar surface area (TPSA) is 71.0 Å². The Morgan fingerprint density at radius 3 is 2.76 bits per heavy atom. The average Bonchev–Trinajstić information content (AvgIpc) is 2.86. The molecule has 0 aliphatic heterocycles. The van der Waals surface area contributed by atoms with Gasteiger partial charge in [-0.1, -0.05) is 36.9 Å². The molecule has 0 saturated carbocycles. The summed E-state index contributed by atoms with van der Waals surface area (Å²) in [5.74, 6) is 0.198. The van der Waals surface area contributed by atoms with Crippen molar-refractivity contribution in [2.75, 3.05) is 17.7 Å². The number of para-hydroxylation sites is 1. The van der Waals surface area contributed by atoms with Gasteiger partial charge in [-0.2, -0.15) is 0 Å². The van der Waals surface area contributed by atoms with Gasteiger partial charge in [0.1, 0.15) is 0 Å². The van der Waals surface area contributed by atoms with E-state index in [9.17, 15) is 9.59 Å². The van der Waals surface area contributed by atoms with Gasteiger partial charge in [0.05, 0.1) is 5.75 Å². The van der Waals surface area contributed by atoms with Crippen LogP contribution >= 0.6 is 11.8 Å². The van der Waals surface area contributed by atoms with Crippen LogP contribution in [-0.4, -0.2) is 33.5 Å². The third-order valence-electron chi connectivity index (χ3n) is 3.01. The van der Waals surface area contributed by atoms with E-state index >= 15 is 0 Å². The Morgan fingerprint density at radius 2 is 2.10 bits per heavy atom. The first kappa shape index (κ1) is 15.4. The number of nitrogens with zero attached hydrogens (tertiary/aromatic N) is 3.